The molecule has 1 aliphatic heterocycles. The summed E-state index contributed by atoms with van der Waals surface area (Å²) in [4.78, 5) is 6.76. The zero-order valence-corrected chi connectivity index (χ0v) is 11.1. The number of hydrogen-bond donors (Lipinski definition) is 2. The van der Waals surface area contributed by atoms with Crippen LogP contribution < -0.4 is 11.1 Å². The van der Waals surface area contributed by atoms with Crippen molar-refractivity contribution in [1.82, 2.24) is 10.2 Å². The molecule has 1 rings (SSSR count). The van der Waals surface area contributed by atoms with Crippen molar-refractivity contribution in [3.8, 4) is 0 Å². The van der Waals surface area contributed by atoms with Gasteiger partial charge in [-0.15, -0.1) is 0 Å². The fourth-order valence-electron chi connectivity index (χ4n) is 1.93. The number of hydrogen-bond acceptors (Lipinski definition) is 3. The summed E-state index contributed by atoms with van der Waals surface area (Å²) in [6.45, 7) is 7.89. The summed E-state index contributed by atoms with van der Waals surface area (Å²) in [6.07, 6.45) is 2.62. The quantitative estimate of drug-likeness (QED) is 0.399. The highest BCUT2D eigenvalue weighted by Crippen LogP contribution is 2.15. The summed E-state index contributed by atoms with van der Waals surface area (Å²) >= 11 is 0. The van der Waals surface area contributed by atoms with Crippen molar-refractivity contribution in [2.75, 3.05) is 46.4 Å². The van der Waals surface area contributed by atoms with Gasteiger partial charge in [-0.25, -0.2) is 0 Å². The number of piperidine rings is 1. The minimum absolute atomic E-state index is 0.521. The van der Waals surface area contributed by atoms with Gasteiger partial charge < -0.3 is 20.7 Å². The summed E-state index contributed by atoms with van der Waals surface area (Å²) in [5.41, 5.74) is 5.72. The van der Waals surface area contributed by atoms with Crippen LogP contribution in [-0.2, 0) is 4.74 Å². The van der Waals surface area contributed by atoms with Crippen LogP contribution in [0.2, 0.25) is 0 Å². The van der Waals surface area contributed by atoms with E-state index >= 15 is 0 Å². The van der Waals surface area contributed by atoms with Crippen molar-refractivity contribution >= 4 is 5.96 Å². The van der Waals surface area contributed by atoms with E-state index in [-0.39, 0.29) is 0 Å². The topological polar surface area (TPSA) is 62.9 Å². The lowest BCUT2D eigenvalue weighted by Gasteiger charge is -2.29. The van der Waals surface area contributed by atoms with E-state index in [0.717, 1.165) is 19.0 Å². The van der Waals surface area contributed by atoms with Gasteiger partial charge in [0.15, 0.2) is 5.96 Å². The van der Waals surface area contributed by atoms with E-state index in [2.05, 4.69) is 22.1 Å². The van der Waals surface area contributed by atoms with Gasteiger partial charge in [-0.05, 0) is 31.8 Å². The first kappa shape index (κ1) is 14.3. The summed E-state index contributed by atoms with van der Waals surface area (Å²) in [5.74, 6) is 1.41. The lowest BCUT2D eigenvalue weighted by Crippen LogP contribution is -2.37. The van der Waals surface area contributed by atoms with Gasteiger partial charge in [-0.2, -0.15) is 0 Å². The van der Waals surface area contributed by atoms with Crippen LogP contribution in [0.5, 0.6) is 0 Å². The van der Waals surface area contributed by atoms with Crippen molar-refractivity contribution in [1.29, 1.82) is 0 Å². The molecular weight excluding hydrogens is 216 g/mol. The number of rotatable bonds is 6. The smallest absolute Gasteiger partial charge is 0.188 e. The van der Waals surface area contributed by atoms with Crippen LogP contribution in [0.3, 0.4) is 0 Å². The van der Waals surface area contributed by atoms with Crippen molar-refractivity contribution in [2.45, 2.75) is 19.8 Å². The lowest BCUT2D eigenvalue weighted by atomic mass is 9.99. The molecule has 5 heteroatoms. The van der Waals surface area contributed by atoms with Gasteiger partial charge in [0, 0.05) is 20.2 Å². The van der Waals surface area contributed by atoms with Gasteiger partial charge in [-0.1, -0.05) is 6.92 Å². The molecule has 0 bridgehead atoms. The molecule has 1 heterocycles. The number of aliphatic imine (C=N–C) groups is 1. The van der Waals surface area contributed by atoms with Gasteiger partial charge in [0.2, 0.25) is 0 Å². The SMILES string of the molecule is COCCNC(N)=NCCN1CCC(C)CC1. The molecule has 0 unspecified atom stereocenters. The first-order valence-corrected chi connectivity index (χ1v) is 6.47. The maximum atomic E-state index is 5.72. The second-order valence-corrected chi connectivity index (χ2v) is 4.71. The second kappa shape index (κ2) is 8.31. The molecule has 0 amide bonds. The molecule has 0 aromatic rings. The Morgan fingerprint density at radius 1 is 1.47 bits per heavy atom. The molecule has 0 aliphatic carbocycles. The first-order chi connectivity index (χ1) is 8.22. The van der Waals surface area contributed by atoms with Gasteiger partial charge in [0.25, 0.3) is 0 Å². The first-order valence-electron chi connectivity index (χ1n) is 6.47. The predicted molar refractivity (Wildman–Crippen MR) is 71.2 cm³/mol. The number of ether oxygens (including phenoxy) is 1. The zero-order valence-electron chi connectivity index (χ0n) is 11.1. The minimum atomic E-state index is 0.521. The Bertz CT molecular complexity index is 225. The van der Waals surface area contributed by atoms with E-state index < -0.39 is 0 Å². The third-order valence-corrected chi connectivity index (χ3v) is 3.19. The Morgan fingerprint density at radius 2 is 2.18 bits per heavy atom. The summed E-state index contributed by atoms with van der Waals surface area (Å²) in [6, 6.07) is 0. The van der Waals surface area contributed by atoms with E-state index in [1.54, 1.807) is 7.11 Å². The summed E-state index contributed by atoms with van der Waals surface area (Å²) < 4.78 is 4.92. The molecule has 0 atom stereocenters. The Kier molecular flexibility index (Phi) is 6.96. The van der Waals surface area contributed by atoms with Gasteiger partial charge in [0.05, 0.1) is 13.2 Å². The molecular formula is C12H26N4O. The largest absolute Gasteiger partial charge is 0.383 e. The second-order valence-electron chi connectivity index (χ2n) is 4.71. The number of nitrogens with two attached hydrogens (primary N) is 1. The number of nitrogens with zero attached hydrogens (tertiary/aromatic N) is 2. The van der Waals surface area contributed by atoms with E-state index in [4.69, 9.17) is 10.5 Å². The maximum absolute atomic E-state index is 5.72. The fourth-order valence-corrected chi connectivity index (χ4v) is 1.93. The monoisotopic (exact) mass is 242 g/mol. The molecule has 5 nitrogen and oxygen atoms in total. The van der Waals surface area contributed by atoms with E-state index in [9.17, 15) is 0 Å². The van der Waals surface area contributed by atoms with Crippen LogP contribution in [0.1, 0.15) is 19.8 Å². The highest BCUT2D eigenvalue weighted by molar-refractivity contribution is 5.77. The number of methoxy groups -OCH3 is 1. The maximum Gasteiger partial charge on any atom is 0.188 e. The molecule has 100 valence electrons. The Hall–Kier alpha value is -0.810. The number of nitrogens with one attached hydrogen (secondary N) is 1. The van der Waals surface area contributed by atoms with Crippen LogP contribution in [0.15, 0.2) is 4.99 Å². The van der Waals surface area contributed by atoms with Gasteiger partial charge >= 0.3 is 0 Å². The summed E-state index contributed by atoms with van der Waals surface area (Å²) in [5, 5.41) is 3.01. The molecule has 0 saturated carbocycles. The van der Waals surface area contributed by atoms with E-state index in [0.29, 0.717) is 19.1 Å². The van der Waals surface area contributed by atoms with Crippen LogP contribution in [0.4, 0.5) is 0 Å². The molecule has 1 saturated heterocycles. The van der Waals surface area contributed by atoms with Crippen molar-refractivity contribution in [3.63, 3.8) is 0 Å². The van der Waals surface area contributed by atoms with Crippen molar-refractivity contribution in [2.24, 2.45) is 16.6 Å². The average Bonchev–Trinajstić information content (AvgIpc) is 2.32. The standard InChI is InChI=1S/C12H26N4O/c1-11-3-7-16(8-4-11)9-5-14-12(13)15-6-10-17-2/h11H,3-10H2,1-2H3,(H3,13,14,15). The van der Waals surface area contributed by atoms with Crippen LogP contribution in [0, 0.1) is 5.92 Å². The average molecular weight is 242 g/mol. The Balaban J connectivity index is 2.07. The highest BCUT2D eigenvalue weighted by atomic mass is 16.5. The Labute approximate surface area is 104 Å². The lowest BCUT2D eigenvalue weighted by molar-refractivity contribution is 0.197. The fraction of sp³-hybridized carbons (Fsp3) is 0.917. The molecule has 1 fully saturated rings. The van der Waals surface area contributed by atoms with Gasteiger partial charge in [0.1, 0.15) is 0 Å². The van der Waals surface area contributed by atoms with Gasteiger partial charge in [-0.3, -0.25) is 4.99 Å². The van der Waals surface area contributed by atoms with Crippen LogP contribution in [-0.4, -0.2) is 57.3 Å². The molecule has 1 aliphatic rings. The van der Waals surface area contributed by atoms with Crippen LogP contribution in [0.25, 0.3) is 0 Å². The third kappa shape index (κ3) is 6.48. The normalized spacial score (nSPS) is 19.5. The van der Waals surface area contributed by atoms with E-state index in [1.165, 1.54) is 25.9 Å². The predicted octanol–water partition coefficient (Wildman–Crippen LogP) is 0.269. The van der Waals surface area contributed by atoms with E-state index in [1.807, 2.05) is 0 Å². The number of guanidine groups is 1. The van der Waals surface area contributed by atoms with Crippen molar-refractivity contribution < 1.29 is 4.74 Å². The third-order valence-electron chi connectivity index (χ3n) is 3.19. The Morgan fingerprint density at radius 3 is 2.82 bits per heavy atom. The van der Waals surface area contributed by atoms with Crippen molar-refractivity contribution in [3.05, 3.63) is 0 Å². The molecule has 3 N–H and O–H groups in total. The molecule has 0 aromatic carbocycles. The molecule has 0 spiro atoms. The summed E-state index contributed by atoms with van der Waals surface area (Å²) in [7, 11) is 1.67. The highest BCUT2D eigenvalue weighted by Gasteiger charge is 2.14. The van der Waals surface area contributed by atoms with Crippen LogP contribution >= 0.6 is 0 Å². The molecule has 0 radical (unpaired) electrons. The zero-order chi connectivity index (χ0) is 12.5. The number of likely N-dealkylation sites (tertiary alicyclic amines) is 1. The minimum Gasteiger partial charge on any atom is -0.383 e. The molecule has 0 aromatic heterocycles. The molecule has 17 heavy (non-hydrogen) atoms.